The maximum absolute atomic E-state index is 13.6. The monoisotopic (exact) mass is 562 g/mol. The van der Waals surface area contributed by atoms with Gasteiger partial charge in [0.15, 0.2) is 4.32 Å². The molecule has 10 rings (SSSR count). The first-order chi connectivity index (χ1) is 18.8. The number of thiocarbonyl (C=S) groups is 1. The van der Waals surface area contributed by atoms with Crippen LogP contribution < -0.4 is 10.2 Å². The van der Waals surface area contributed by atoms with Crippen LogP contribution in [-0.2, 0) is 15.0 Å². The molecule has 7 heteroatoms. The average molecular weight is 563 g/mol. The zero-order chi connectivity index (χ0) is 26.5. The highest BCUT2D eigenvalue weighted by molar-refractivity contribution is 8.26. The van der Waals surface area contributed by atoms with Crippen molar-refractivity contribution in [1.82, 2.24) is 10.4 Å². The van der Waals surface area contributed by atoms with Gasteiger partial charge in [-0.05, 0) is 154 Å². The Balaban J connectivity index is 1.05. The van der Waals surface area contributed by atoms with Crippen LogP contribution >= 0.6 is 24.0 Å². The van der Waals surface area contributed by atoms with E-state index in [1.54, 1.807) is 7.11 Å². The molecule has 39 heavy (non-hydrogen) atoms. The Hall–Kier alpha value is -1.86. The van der Waals surface area contributed by atoms with Gasteiger partial charge in [-0.1, -0.05) is 17.8 Å². The topological polar surface area (TPSA) is 58.6 Å². The molecule has 1 aliphatic heterocycles. The van der Waals surface area contributed by atoms with Crippen LogP contribution in [0.4, 0.5) is 0 Å². The van der Waals surface area contributed by atoms with Crippen LogP contribution in [0, 0.1) is 40.9 Å². The van der Waals surface area contributed by atoms with Gasteiger partial charge in [-0.3, -0.25) is 15.0 Å². The molecule has 9 aliphatic rings. The summed E-state index contributed by atoms with van der Waals surface area (Å²) in [7, 11) is 1.69. The molecule has 1 aromatic carbocycles. The fourth-order valence-corrected chi connectivity index (χ4v) is 12.1. The average Bonchev–Trinajstić information content (AvgIpc) is 3.14. The zero-order valence-electron chi connectivity index (χ0n) is 22.7. The van der Waals surface area contributed by atoms with Crippen LogP contribution in [0.25, 0.3) is 6.08 Å². The standard InChI is InChI=1S/C32H38N2O3S2/c1-37-26-3-2-25(31-12-18-4-19(13-31)6-20(5-18)14-31)10-24(26)11-27-28(35)34(30(38)39-27)33-29(36)32-15-21-7-22(16-32)9-23(8-21)17-32/h2-3,10-11,18-23H,4-9,12-17H2,1H3,(H,33,36)/b27-11+. The lowest BCUT2D eigenvalue weighted by Crippen LogP contribution is -2.57. The van der Waals surface area contributed by atoms with Crippen molar-refractivity contribution in [1.29, 1.82) is 0 Å². The minimum atomic E-state index is -0.322. The quantitative estimate of drug-likeness (QED) is 0.323. The smallest absolute Gasteiger partial charge is 0.285 e. The van der Waals surface area contributed by atoms with Crippen LogP contribution in [0.1, 0.15) is 88.2 Å². The minimum Gasteiger partial charge on any atom is -0.496 e. The Labute approximate surface area is 240 Å². The van der Waals surface area contributed by atoms with Gasteiger partial charge in [-0.25, -0.2) is 0 Å². The first-order valence-electron chi connectivity index (χ1n) is 15.1. The maximum atomic E-state index is 13.6. The molecule has 1 aromatic rings. The number of amides is 2. The number of hydrogen-bond acceptors (Lipinski definition) is 5. The fourth-order valence-electron chi connectivity index (χ4n) is 11.0. The summed E-state index contributed by atoms with van der Waals surface area (Å²) in [6, 6.07) is 6.61. The predicted molar refractivity (Wildman–Crippen MR) is 157 cm³/mol. The van der Waals surface area contributed by atoms with Gasteiger partial charge in [-0.2, -0.15) is 5.01 Å². The number of nitrogens with one attached hydrogen (secondary N) is 1. The summed E-state index contributed by atoms with van der Waals surface area (Å²) in [5.41, 5.74) is 5.27. The molecule has 0 atom stereocenters. The van der Waals surface area contributed by atoms with Gasteiger partial charge in [0.05, 0.1) is 17.4 Å². The molecule has 0 unspecified atom stereocenters. The summed E-state index contributed by atoms with van der Waals surface area (Å²) in [5.74, 6) is 5.16. The molecule has 8 saturated carbocycles. The molecule has 5 nitrogen and oxygen atoms in total. The van der Waals surface area contributed by atoms with Crippen LogP contribution in [0.3, 0.4) is 0 Å². The van der Waals surface area contributed by atoms with Gasteiger partial charge in [0.2, 0.25) is 5.91 Å². The normalized spacial score (nSPS) is 42.6. The fraction of sp³-hybridized carbons (Fsp3) is 0.656. The van der Waals surface area contributed by atoms with Gasteiger partial charge in [0.1, 0.15) is 5.75 Å². The van der Waals surface area contributed by atoms with Crippen LogP contribution in [0.5, 0.6) is 5.75 Å². The highest BCUT2D eigenvalue weighted by Gasteiger charge is 2.55. The number of ether oxygens (including phenoxy) is 1. The number of thioether (sulfide) groups is 1. The lowest BCUT2D eigenvalue weighted by atomic mass is 9.48. The number of benzene rings is 1. The lowest BCUT2D eigenvalue weighted by Gasteiger charge is -2.57. The third kappa shape index (κ3) is 3.96. The maximum Gasteiger partial charge on any atom is 0.285 e. The van der Waals surface area contributed by atoms with Crippen LogP contribution in [-0.4, -0.2) is 28.3 Å². The third-order valence-electron chi connectivity index (χ3n) is 11.7. The molecular weight excluding hydrogens is 524 g/mol. The van der Waals surface area contributed by atoms with E-state index >= 15 is 0 Å². The second-order valence-electron chi connectivity index (χ2n) is 14.3. The minimum absolute atomic E-state index is 0.000504. The van der Waals surface area contributed by atoms with Crippen molar-refractivity contribution in [3.8, 4) is 5.75 Å². The molecule has 1 heterocycles. The highest BCUT2D eigenvalue weighted by atomic mass is 32.2. The van der Waals surface area contributed by atoms with Crippen LogP contribution in [0.2, 0.25) is 0 Å². The number of rotatable bonds is 5. The van der Waals surface area contributed by atoms with Gasteiger partial charge < -0.3 is 4.74 Å². The van der Waals surface area contributed by atoms with E-state index in [2.05, 4.69) is 23.6 Å². The molecule has 0 spiro atoms. The van der Waals surface area contributed by atoms with Crippen molar-refractivity contribution in [2.45, 2.75) is 82.5 Å². The molecule has 0 radical (unpaired) electrons. The molecule has 8 aliphatic carbocycles. The van der Waals surface area contributed by atoms with E-state index < -0.39 is 0 Å². The number of hydrogen-bond donors (Lipinski definition) is 1. The molecule has 9 fully saturated rings. The summed E-state index contributed by atoms with van der Waals surface area (Å²) in [5, 5.41) is 1.34. The summed E-state index contributed by atoms with van der Waals surface area (Å²) >= 11 is 6.90. The summed E-state index contributed by atoms with van der Waals surface area (Å²) in [6.07, 6.45) is 16.8. The highest BCUT2D eigenvalue weighted by Crippen LogP contribution is 2.62. The molecule has 1 saturated heterocycles. The van der Waals surface area contributed by atoms with E-state index in [1.807, 2.05) is 6.08 Å². The second kappa shape index (κ2) is 8.82. The van der Waals surface area contributed by atoms with E-state index in [9.17, 15) is 9.59 Å². The van der Waals surface area contributed by atoms with Crippen molar-refractivity contribution in [2.24, 2.45) is 40.9 Å². The zero-order valence-corrected chi connectivity index (χ0v) is 24.4. The Bertz CT molecular complexity index is 1230. The van der Waals surface area contributed by atoms with Crippen molar-refractivity contribution >= 4 is 46.2 Å². The Morgan fingerprint density at radius 1 is 0.949 bits per heavy atom. The van der Waals surface area contributed by atoms with E-state index in [0.717, 1.165) is 48.3 Å². The predicted octanol–water partition coefficient (Wildman–Crippen LogP) is 6.61. The SMILES string of the molecule is COc1ccc(C23CC4CC(CC(C4)C2)C3)cc1/C=C1/SC(=S)N(NC(=O)C23CC4CC(CC(C4)C2)C3)C1=O. The molecule has 206 valence electrons. The van der Waals surface area contributed by atoms with Crippen molar-refractivity contribution in [3.63, 3.8) is 0 Å². The van der Waals surface area contributed by atoms with Crippen molar-refractivity contribution < 1.29 is 14.3 Å². The van der Waals surface area contributed by atoms with Gasteiger partial charge in [-0.15, -0.1) is 0 Å². The number of carbonyl (C=O) groups excluding carboxylic acids is 2. The van der Waals surface area contributed by atoms with E-state index in [4.69, 9.17) is 17.0 Å². The molecule has 1 N–H and O–H groups in total. The van der Waals surface area contributed by atoms with Gasteiger partial charge in [0.25, 0.3) is 5.91 Å². The van der Waals surface area contributed by atoms with E-state index in [-0.39, 0.29) is 22.6 Å². The summed E-state index contributed by atoms with van der Waals surface area (Å²) in [6.45, 7) is 0. The summed E-state index contributed by atoms with van der Waals surface area (Å²) in [4.78, 5) is 27.8. The first kappa shape index (κ1) is 24.9. The second-order valence-corrected chi connectivity index (χ2v) is 16.0. The lowest BCUT2D eigenvalue weighted by molar-refractivity contribution is -0.152. The number of hydrazine groups is 1. The Kier molecular flexibility index (Phi) is 5.63. The number of nitrogens with zero attached hydrogens (tertiary/aromatic N) is 1. The summed E-state index contributed by atoms with van der Waals surface area (Å²) < 4.78 is 6.14. The molecule has 2 amide bonds. The van der Waals surface area contributed by atoms with Crippen molar-refractivity contribution in [2.75, 3.05) is 7.11 Å². The largest absolute Gasteiger partial charge is 0.496 e. The van der Waals surface area contributed by atoms with Gasteiger partial charge in [0, 0.05) is 5.56 Å². The Morgan fingerprint density at radius 3 is 2.03 bits per heavy atom. The molecular formula is C32H38N2O3S2. The molecule has 0 aromatic heterocycles. The van der Waals surface area contributed by atoms with E-state index in [1.165, 1.54) is 80.1 Å². The third-order valence-corrected chi connectivity index (χ3v) is 13.0. The number of methoxy groups -OCH3 is 1. The first-order valence-corrected chi connectivity index (χ1v) is 16.3. The van der Waals surface area contributed by atoms with Crippen LogP contribution in [0.15, 0.2) is 23.1 Å². The van der Waals surface area contributed by atoms with E-state index in [0.29, 0.717) is 27.0 Å². The van der Waals surface area contributed by atoms with Gasteiger partial charge >= 0.3 is 0 Å². The van der Waals surface area contributed by atoms with Crippen molar-refractivity contribution in [3.05, 3.63) is 34.2 Å². The molecule has 8 bridgehead atoms. The number of carbonyl (C=O) groups is 2. The Morgan fingerprint density at radius 2 is 1.49 bits per heavy atom.